The van der Waals surface area contributed by atoms with Crippen LogP contribution in [0.4, 0.5) is 4.79 Å². The first-order valence-corrected chi connectivity index (χ1v) is 8.30. The molecule has 2 amide bonds. The lowest BCUT2D eigenvalue weighted by molar-refractivity contribution is -0.139. The molecule has 0 radical (unpaired) electrons. The molecule has 0 aromatic heterocycles. The normalized spacial score (nSPS) is 11.7. The Balaban J connectivity index is 2.32. The summed E-state index contributed by atoms with van der Waals surface area (Å²) in [6, 6.07) is 6.05. The number of carboxylic acid groups (broad SMARTS) is 1. The molecule has 0 aliphatic heterocycles. The van der Waals surface area contributed by atoms with E-state index >= 15 is 0 Å². The van der Waals surface area contributed by atoms with E-state index in [0.717, 1.165) is 5.56 Å². The van der Waals surface area contributed by atoms with Crippen LogP contribution in [-0.2, 0) is 11.2 Å². The molecule has 1 aromatic carbocycles. The van der Waals surface area contributed by atoms with Crippen molar-refractivity contribution in [3.8, 4) is 0 Å². The average molecular weight is 331 g/mol. The predicted molar refractivity (Wildman–Crippen MR) is 86.1 cm³/mol. The van der Waals surface area contributed by atoms with E-state index in [4.69, 9.17) is 16.7 Å². The molecular weight excluding hydrogens is 312 g/mol. The summed E-state index contributed by atoms with van der Waals surface area (Å²) in [6.07, 6.45) is 2.96. The molecule has 3 N–H and O–H groups in total. The van der Waals surface area contributed by atoms with Crippen LogP contribution in [0, 0.1) is 0 Å². The Morgan fingerprint density at radius 3 is 2.57 bits per heavy atom. The zero-order chi connectivity index (χ0) is 15.7. The summed E-state index contributed by atoms with van der Waals surface area (Å²) in [5.41, 5.74) is 1.05. The van der Waals surface area contributed by atoms with Crippen LogP contribution in [0.5, 0.6) is 0 Å². The summed E-state index contributed by atoms with van der Waals surface area (Å²) < 4.78 is 0. The van der Waals surface area contributed by atoms with E-state index in [1.54, 1.807) is 23.9 Å². The van der Waals surface area contributed by atoms with Gasteiger partial charge in [-0.3, -0.25) is 0 Å². The molecule has 1 atom stereocenters. The molecule has 21 heavy (non-hydrogen) atoms. The molecule has 0 aliphatic carbocycles. The third-order valence-electron chi connectivity index (χ3n) is 2.83. The lowest BCUT2D eigenvalue weighted by atomic mass is 10.1. The Labute approximate surface area is 133 Å². The minimum Gasteiger partial charge on any atom is -0.480 e. The molecule has 1 aromatic rings. The monoisotopic (exact) mass is 330 g/mol. The fourth-order valence-electron chi connectivity index (χ4n) is 1.67. The van der Waals surface area contributed by atoms with E-state index < -0.39 is 18.0 Å². The van der Waals surface area contributed by atoms with Crippen molar-refractivity contribution in [3.63, 3.8) is 0 Å². The summed E-state index contributed by atoms with van der Waals surface area (Å²) in [5, 5.41) is 14.8. The topological polar surface area (TPSA) is 78.4 Å². The van der Waals surface area contributed by atoms with Gasteiger partial charge in [-0.15, -0.1) is 0 Å². The standard InChI is InChI=1S/C14H19ClN2O3S/c1-21-9-7-12(13(18)19)17-14(20)16-8-6-10-2-4-11(15)5-3-10/h2-5,12H,6-9H2,1H3,(H,18,19)(H2,16,17,20)/t12-/m0/s1. The minimum atomic E-state index is -1.02. The van der Waals surface area contributed by atoms with Gasteiger partial charge in [0.25, 0.3) is 0 Å². The van der Waals surface area contributed by atoms with Crippen LogP contribution in [0.25, 0.3) is 0 Å². The van der Waals surface area contributed by atoms with Crippen molar-refractivity contribution in [2.75, 3.05) is 18.6 Å². The number of carboxylic acids is 1. The highest BCUT2D eigenvalue weighted by atomic mass is 35.5. The van der Waals surface area contributed by atoms with Gasteiger partial charge in [-0.25, -0.2) is 9.59 Å². The highest BCUT2D eigenvalue weighted by Gasteiger charge is 2.18. The number of carbonyl (C=O) groups excluding carboxylic acids is 1. The van der Waals surface area contributed by atoms with Crippen LogP contribution in [0.1, 0.15) is 12.0 Å². The highest BCUT2D eigenvalue weighted by Crippen LogP contribution is 2.09. The second kappa shape index (κ2) is 9.52. The zero-order valence-electron chi connectivity index (χ0n) is 11.8. The number of carbonyl (C=O) groups is 2. The second-order valence-corrected chi connectivity index (χ2v) is 5.87. The summed E-state index contributed by atoms with van der Waals surface area (Å²) in [7, 11) is 0. The number of nitrogens with one attached hydrogen (secondary N) is 2. The predicted octanol–water partition coefficient (Wildman–Crippen LogP) is 2.39. The number of benzene rings is 1. The molecule has 116 valence electrons. The number of amides is 2. The van der Waals surface area contributed by atoms with E-state index in [2.05, 4.69) is 10.6 Å². The Kier molecular flexibility index (Phi) is 8.00. The van der Waals surface area contributed by atoms with Crippen molar-refractivity contribution >= 4 is 35.4 Å². The number of rotatable bonds is 8. The van der Waals surface area contributed by atoms with Gasteiger partial charge >= 0.3 is 12.0 Å². The molecule has 0 bridgehead atoms. The minimum absolute atomic E-state index is 0.404. The number of thioether (sulfide) groups is 1. The molecule has 0 spiro atoms. The largest absolute Gasteiger partial charge is 0.480 e. The van der Waals surface area contributed by atoms with E-state index in [1.165, 1.54) is 0 Å². The Morgan fingerprint density at radius 1 is 1.33 bits per heavy atom. The molecule has 5 nitrogen and oxygen atoms in total. The summed E-state index contributed by atoms with van der Waals surface area (Å²) in [4.78, 5) is 22.7. The van der Waals surface area contributed by atoms with Crippen molar-refractivity contribution in [2.24, 2.45) is 0 Å². The van der Waals surface area contributed by atoms with Crippen molar-refractivity contribution < 1.29 is 14.7 Å². The van der Waals surface area contributed by atoms with Crippen LogP contribution >= 0.6 is 23.4 Å². The first kappa shape index (κ1) is 17.7. The molecule has 0 saturated carbocycles. The Hall–Kier alpha value is -1.40. The van der Waals surface area contributed by atoms with Gasteiger partial charge in [0.2, 0.25) is 0 Å². The maximum absolute atomic E-state index is 11.7. The number of halogens is 1. The van der Waals surface area contributed by atoms with E-state index in [-0.39, 0.29) is 0 Å². The highest BCUT2D eigenvalue weighted by molar-refractivity contribution is 7.98. The fraction of sp³-hybridized carbons (Fsp3) is 0.429. The van der Waals surface area contributed by atoms with E-state index in [9.17, 15) is 9.59 Å². The van der Waals surface area contributed by atoms with Gasteiger partial charge in [0.05, 0.1) is 0 Å². The summed E-state index contributed by atoms with van der Waals surface area (Å²) >= 11 is 7.33. The lowest BCUT2D eigenvalue weighted by Crippen LogP contribution is -2.46. The van der Waals surface area contributed by atoms with Crippen molar-refractivity contribution in [1.82, 2.24) is 10.6 Å². The van der Waals surface area contributed by atoms with Crippen LogP contribution in [0.15, 0.2) is 24.3 Å². The zero-order valence-corrected chi connectivity index (χ0v) is 13.3. The first-order valence-electron chi connectivity index (χ1n) is 6.53. The molecule has 0 heterocycles. The summed E-state index contributed by atoms with van der Waals surface area (Å²) in [6.45, 7) is 0.433. The van der Waals surface area contributed by atoms with Crippen LogP contribution in [0.3, 0.4) is 0 Å². The molecule has 0 aliphatic rings. The number of aliphatic carboxylic acids is 1. The van der Waals surface area contributed by atoms with Gasteiger partial charge in [-0.2, -0.15) is 11.8 Å². The second-order valence-electron chi connectivity index (χ2n) is 4.45. The lowest BCUT2D eigenvalue weighted by Gasteiger charge is -2.14. The Morgan fingerprint density at radius 2 is 2.00 bits per heavy atom. The van der Waals surface area contributed by atoms with E-state index in [0.29, 0.717) is 30.2 Å². The number of urea groups is 1. The van der Waals surface area contributed by atoms with Crippen LogP contribution < -0.4 is 10.6 Å². The van der Waals surface area contributed by atoms with Gasteiger partial charge in [-0.05, 0) is 42.5 Å². The molecular formula is C14H19ClN2O3S. The quantitative estimate of drug-likeness (QED) is 0.684. The van der Waals surface area contributed by atoms with Crippen LogP contribution in [0.2, 0.25) is 5.02 Å². The maximum atomic E-state index is 11.7. The third kappa shape index (κ3) is 7.24. The third-order valence-corrected chi connectivity index (χ3v) is 3.72. The SMILES string of the molecule is CSCC[C@H](NC(=O)NCCc1ccc(Cl)cc1)C(=O)O. The van der Waals surface area contributed by atoms with Gasteiger partial charge < -0.3 is 15.7 Å². The number of hydrogen-bond acceptors (Lipinski definition) is 3. The molecule has 1 rings (SSSR count). The van der Waals surface area contributed by atoms with Gasteiger partial charge in [-0.1, -0.05) is 23.7 Å². The molecule has 7 heteroatoms. The first-order chi connectivity index (χ1) is 10.0. The van der Waals surface area contributed by atoms with Crippen LogP contribution in [-0.4, -0.2) is 41.7 Å². The molecule has 0 unspecified atom stereocenters. The summed E-state index contributed by atoms with van der Waals surface area (Å²) in [5.74, 6) is -0.334. The van der Waals surface area contributed by atoms with Gasteiger partial charge in [0, 0.05) is 11.6 Å². The van der Waals surface area contributed by atoms with E-state index in [1.807, 2.05) is 18.4 Å². The fourth-order valence-corrected chi connectivity index (χ4v) is 2.27. The van der Waals surface area contributed by atoms with Crippen molar-refractivity contribution in [3.05, 3.63) is 34.9 Å². The smallest absolute Gasteiger partial charge is 0.326 e. The van der Waals surface area contributed by atoms with Gasteiger partial charge in [0.1, 0.15) is 6.04 Å². The van der Waals surface area contributed by atoms with Gasteiger partial charge in [0.15, 0.2) is 0 Å². The maximum Gasteiger partial charge on any atom is 0.326 e. The van der Waals surface area contributed by atoms with Crippen molar-refractivity contribution in [2.45, 2.75) is 18.9 Å². The Bertz CT molecular complexity index is 468. The average Bonchev–Trinajstić information content (AvgIpc) is 2.45. The van der Waals surface area contributed by atoms with Crippen molar-refractivity contribution in [1.29, 1.82) is 0 Å². The molecule has 0 saturated heterocycles. The molecule has 0 fully saturated rings. The number of hydrogen-bond donors (Lipinski definition) is 3.